The summed E-state index contributed by atoms with van der Waals surface area (Å²) >= 11 is 0. The molecular formula is C25H30N2O5. The van der Waals surface area contributed by atoms with Crippen molar-refractivity contribution in [1.29, 1.82) is 0 Å². The lowest BCUT2D eigenvalue weighted by atomic mass is 10.1. The number of aryl methyl sites for hydroxylation is 2. The number of carbonyl (C=O) groups excluding carboxylic acids is 3. The molecule has 7 heteroatoms. The molecule has 0 radical (unpaired) electrons. The number of ether oxygens (including phenoxy) is 2. The van der Waals surface area contributed by atoms with E-state index in [-0.39, 0.29) is 24.1 Å². The molecule has 3 amide bonds. The van der Waals surface area contributed by atoms with E-state index >= 15 is 0 Å². The third-order valence-corrected chi connectivity index (χ3v) is 5.82. The second-order valence-corrected chi connectivity index (χ2v) is 7.81. The molecule has 0 saturated carbocycles. The fourth-order valence-electron chi connectivity index (χ4n) is 4.03. The van der Waals surface area contributed by atoms with Gasteiger partial charge in [-0.2, -0.15) is 0 Å². The van der Waals surface area contributed by atoms with Gasteiger partial charge in [-0.05, 0) is 54.7 Å². The SMILES string of the molecule is CCc1ccc(N2C(=O)CC(N(CCCc3ccc(OC)c(OC)c3)C(C)=O)C2=O)cc1. The number of benzene rings is 2. The van der Waals surface area contributed by atoms with Crippen LogP contribution in [0.25, 0.3) is 0 Å². The van der Waals surface area contributed by atoms with Gasteiger partial charge in [0.05, 0.1) is 26.3 Å². The zero-order valence-corrected chi connectivity index (χ0v) is 19.1. The molecule has 1 unspecified atom stereocenters. The molecule has 2 aromatic rings. The van der Waals surface area contributed by atoms with E-state index < -0.39 is 6.04 Å². The van der Waals surface area contributed by atoms with Gasteiger partial charge < -0.3 is 14.4 Å². The molecule has 2 aromatic carbocycles. The van der Waals surface area contributed by atoms with E-state index in [1.807, 2.05) is 37.3 Å². The number of hydrogen-bond acceptors (Lipinski definition) is 5. The van der Waals surface area contributed by atoms with E-state index in [0.29, 0.717) is 36.6 Å². The lowest BCUT2D eigenvalue weighted by molar-refractivity contribution is -0.136. The summed E-state index contributed by atoms with van der Waals surface area (Å²) in [5.41, 5.74) is 2.72. The summed E-state index contributed by atoms with van der Waals surface area (Å²) in [6.45, 7) is 3.87. The molecule has 0 aromatic heterocycles. The summed E-state index contributed by atoms with van der Waals surface area (Å²) in [5, 5.41) is 0. The summed E-state index contributed by atoms with van der Waals surface area (Å²) < 4.78 is 10.6. The van der Waals surface area contributed by atoms with Crippen molar-refractivity contribution in [3.05, 3.63) is 53.6 Å². The van der Waals surface area contributed by atoms with E-state index in [1.165, 1.54) is 16.7 Å². The summed E-state index contributed by atoms with van der Waals surface area (Å²) in [4.78, 5) is 40.8. The van der Waals surface area contributed by atoms with Crippen LogP contribution in [-0.2, 0) is 27.2 Å². The van der Waals surface area contributed by atoms with E-state index in [2.05, 4.69) is 0 Å². The minimum absolute atomic E-state index is 0.00427. The first-order chi connectivity index (χ1) is 15.4. The summed E-state index contributed by atoms with van der Waals surface area (Å²) in [6, 6.07) is 12.3. The Labute approximate surface area is 188 Å². The number of imide groups is 1. The number of anilines is 1. The molecule has 32 heavy (non-hydrogen) atoms. The van der Waals surface area contributed by atoms with E-state index in [0.717, 1.165) is 17.5 Å². The topological polar surface area (TPSA) is 76.2 Å². The average Bonchev–Trinajstić information content (AvgIpc) is 3.09. The average molecular weight is 439 g/mol. The number of carbonyl (C=O) groups is 3. The van der Waals surface area contributed by atoms with Gasteiger partial charge >= 0.3 is 0 Å². The lowest BCUT2D eigenvalue weighted by Gasteiger charge is -2.26. The highest BCUT2D eigenvalue weighted by Gasteiger charge is 2.43. The molecule has 0 spiro atoms. The Hall–Kier alpha value is -3.35. The first-order valence-electron chi connectivity index (χ1n) is 10.8. The van der Waals surface area contributed by atoms with Crippen LogP contribution in [0.3, 0.4) is 0 Å². The Morgan fingerprint density at radius 2 is 1.69 bits per heavy atom. The molecular weight excluding hydrogens is 408 g/mol. The van der Waals surface area contributed by atoms with E-state index in [9.17, 15) is 14.4 Å². The van der Waals surface area contributed by atoms with Crippen molar-refractivity contribution in [3.63, 3.8) is 0 Å². The third-order valence-electron chi connectivity index (χ3n) is 5.82. The standard InChI is InChI=1S/C25H30N2O5/c1-5-18-8-11-20(12-9-18)27-24(29)16-21(25(27)30)26(17(2)28)14-6-7-19-10-13-22(31-3)23(15-19)32-4/h8-13,15,21H,5-7,14,16H2,1-4H3. The van der Waals surface area contributed by atoms with E-state index in [4.69, 9.17) is 9.47 Å². The number of rotatable bonds is 9. The highest BCUT2D eigenvalue weighted by atomic mass is 16.5. The molecule has 1 heterocycles. The highest BCUT2D eigenvalue weighted by molar-refractivity contribution is 6.23. The second-order valence-electron chi connectivity index (χ2n) is 7.81. The van der Waals surface area contributed by atoms with Gasteiger partial charge in [-0.15, -0.1) is 0 Å². The number of amides is 3. The molecule has 0 aliphatic carbocycles. The normalized spacial score (nSPS) is 15.8. The summed E-state index contributed by atoms with van der Waals surface area (Å²) in [7, 11) is 3.17. The van der Waals surface area contributed by atoms with Gasteiger partial charge in [0.2, 0.25) is 11.8 Å². The van der Waals surface area contributed by atoms with Crippen LogP contribution in [0.15, 0.2) is 42.5 Å². The van der Waals surface area contributed by atoms with Gasteiger partial charge in [-0.1, -0.05) is 25.1 Å². The Kier molecular flexibility index (Phi) is 7.51. The largest absolute Gasteiger partial charge is 0.493 e. The van der Waals surface area contributed by atoms with Gasteiger partial charge in [0.25, 0.3) is 5.91 Å². The molecule has 1 fully saturated rings. The maximum Gasteiger partial charge on any atom is 0.257 e. The third kappa shape index (κ3) is 4.93. The Balaban J connectivity index is 1.68. The molecule has 0 bridgehead atoms. The van der Waals surface area contributed by atoms with Crippen molar-refractivity contribution in [2.75, 3.05) is 25.7 Å². The molecule has 0 N–H and O–H groups in total. The zero-order valence-electron chi connectivity index (χ0n) is 19.1. The molecule has 170 valence electrons. The van der Waals surface area contributed by atoms with Crippen LogP contribution in [-0.4, -0.2) is 49.4 Å². The van der Waals surface area contributed by atoms with Crippen LogP contribution in [0.1, 0.15) is 37.8 Å². The van der Waals surface area contributed by atoms with Crippen molar-refractivity contribution in [2.45, 2.75) is 45.6 Å². The van der Waals surface area contributed by atoms with Crippen LogP contribution in [0.5, 0.6) is 11.5 Å². The maximum atomic E-state index is 13.1. The predicted octanol–water partition coefficient (Wildman–Crippen LogP) is 3.38. The summed E-state index contributed by atoms with van der Waals surface area (Å²) in [6.07, 6.45) is 2.23. The number of methoxy groups -OCH3 is 2. The molecule has 1 saturated heterocycles. The van der Waals surface area contributed by atoms with Crippen LogP contribution in [0.2, 0.25) is 0 Å². The van der Waals surface area contributed by atoms with Crippen molar-refractivity contribution in [2.24, 2.45) is 0 Å². The minimum atomic E-state index is -0.767. The van der Waals surface area contributed by atoms with Crippen molar-refractivity contribution < 1.29 is 23.9 Å². The number of nitrogens with zero attached hydrogens (tertiary/aromatic N) is 2. The van der Waals surface area contributed by atoms with Crippen molar-refractivity contribution >= 4 is 23.4 Å². The monoisotopic (exact) mass is 438 g/mol. The van der Waals surface area contributed by atoms with Crippen LogP contribution in [0.4, 0.5) is 5.69 Å². The Morgan fingerprint density at radius 1 is 1.03 bits per heavy atom. The molecule has 3 rings (SSSR count). The first kappa shape index (κ1) is 23.3. The first-order valence-corrected chi connectivity index (χ1v) is 10.8. The Bertz CT molecular complexity index is 986. The van der Waals surface area contributed by atoms with Gasteiger partial charge in [0.1, 0.15) is 6.04 Å². The van der Waals surface area contributed by atoms with Crippen molar-refractivity contribution in [3.8, 4) is 11.5 Å². The number of hydrogen-bond donors (Lipinski definition) is 0. The lowest BCUT2D eigenvalue weighted by Crippen LogP contribution is -2.45. The van der Waals surface area contributed by atoms with Gasteiger partial charge in [0, 0.05) is 13.5 Å². The van der Waals surface area contributed by atoms with Crippen LogP contribution < -0.4 is 14.4 Å². The summed E-state index contributed by atoms with van der Waals surface area (Å²) in [5.74, 6) is 0.459. The van der Waals surface area contributed by atoms with Crippen LogP contribution >= 0.6 is 0 Å². The van der Waals surface area contributed by atoms with Gasteiger partial charge in [0.15, 0.2) is 11.5 Å². The smallest absolute Gasteiger partial charge is 0.257 e. The highest BCUT2D eigenvalue weighted by Crippen LogP contribution is 2.29. The molecule has 1 atom stereocenters. The van der Waals surface area contributed by atoms with Crippen LogP contribution in [0, 0.1) is 0 Å². The van der Waals surface area contributed by atoms with Crippen molar-refractivity contribution in [1.82, 2.24) is 4.90 Å². The molecule has 1 aliphatic rings. The van der Waals surface area contributed by atoms with Gasteiger partial charge in [-0.3, -0.25) is 14.4 Å². The fraction of sp³-hybridized carbons (Fsp3) is 0.400. The molecule has 1 aliphatic heterocycles. The Morgan fingerprint density at radius 3 is 2.28 bits per heavy atom. The van der Waals surface area contributed by atoms with E-state index in [1.54, 1.807) is 26.4 Å². The van der Waals surface area contributed by atoms with Gasteiger partial charge in [-0.25, -0.2) is 4.90 Å². The zero-order chi connectivity index (χ0) is 23.3. The maximum absolute atomic E-state index is 13.1. The quantitative estimate of drug-likeness (QED) is 0.561. The molecule has 7 nitrogen and oxygen atoms in total. The minimum Gasteiger partial charge on any atom is -0.493 e. The second kappa shape index (κ2) is 10.3. The fourth-order valence-corrected chi connectivity index (χ4v) is 4.03. The predicted molar refractivity (Wildman–Crippen MR) is 122 cm³/mol.